The summed E-state index contributed by atoms with van der Waals surface area (Å²) >= 11 is 7.46. The van der Waals surface area contributed by atoms with Gasteiger partial charge in [-0.1, -0.05) is 0 Å². The van der Waals surface area contributed by atoms with Crippen molar-refractivity contribution in [3.63, 3.8) is 0 Å². The second-order valence-electron chi connectivity index (χ2n) is 6.13. The molecule has 2 aliphatic rings. The Hall–Kier alpha value is -1.56. The van der Waals surface area contributed by atoms with Crippen LogP contribution in [0.4, 0.5) is 4.79 Å². The van der Waals surface area contributed by atoms with Crippen LogP contribution in [0.2, 0.25) is 0 Å². The van der Waals surface area contributed by atoms with Gasteiger partial charge < -0.3 is 19.5 Å². The van der Waals surface area contributed by atoms with Crippen LogP contribution in [0.25, 0.3) is 6.08 Å². The third kappa shape index (κ3) is 4.79. The Labute approximate surface area is 188 Å². The third-order valence-electron chi connectivity index (χ3n) is 4.30. The third-order valence-corrected chi connectivity index (χ3v) is 7.22. The van der Waals surface area contributed by atoms with Crippen LogP contribution in [0.15, 0.2) is 19.9 Å². The van der Waals surface area contributed by atoms with E-state index >= 15 is 0 Å². The van der Waals surface area contributed by atoms with Crippen LogP contribution in [0.1, 0.15) is 12.5 Å². The summed E-state index contributed by atoms with van der Waals surface area (Å²) in [6, 6.07) is 1.60. The number of rotatable bonds is 5. The molecule has 0 atom stereocenters. The van der Waals surface area contributed by atoms with E-state index in [1.165, 1.54) is 6.08 Å². The van der Waals surface area contributed by atoms with E-state index in [4.69, 9.17) is 9.47 Å². The van der Waals surface area contributed by atoms with Gasteiger partial charge in [-0.3, -0.25) is 19.3 Å². The first-order valence-corrected chi connectivity index (χ1v) is 11.2. The zero-order valence-electron chi connectivity index (χ0n) is 15.4. The van der Waals surface area contributed by atoms with Gasteiger partial charge in [0.1, 0.15) is 6.54 Å². The number of benzene rings is 1. The molecule has 0 unspecified atom stereocenters. The van der Waals surface area contributed by atoms with Crippen LogP contribution in [0, 0.1) is 0 Å². The lowest BCUT2D eigenvalue weighted by Gasteiger charge is -2.28. The maximum Gasteiger partial charge on any atom is 0.294 e. The van der Waals surface area contributed by atoms with Crippen LogP contribution in [0.3, 0.4) is 0 Å². The number of ether oxygens (including phenoxy) is 2. The van der Waals surface area contributed by atoms with E-state index < -0.39 is 11.1 Å². The maximum absolute atomic E-state index is 12.7. The van der Waals surface area contributed by atoms with Gasteiger partial charge in [0.15, 0.2) is 11.5 Å². The highest BCUT2D eigenvalue weighted by Gasteiger charge is 2.37. The molecule has 29 heavy (non-hydrogen) atoms. The lowest BCUT2D eigenvalue weighted by atomic mass is 10.1. The van der Waals surface area contributed by atoms with Crippen LogP contribution in [-0.2, 0) is 14.3 Å². The summed E-state index contributed by atoms with van der Waals surface area (Å²) in [5, 5.41) is 9.98. The predicted octanol–water partition coefficient (Wildman–Crippen LogP) is 3.21. The molecular weight excluding hydrogens is 532 g/mol. The normalized spacial score (nSPS) is 18.7. The minimum atomic E-state index is -0.578. The van der Waals surface area contributed by atoms with E-state index in [1.807, 2.05) is 0 Å². The number of hydrogen-bond acceptors (Lipinski definition) is 7. The number of phenols is 1. The van der Waals surface area contributed by atoms with Gasteiger partial charge in [-0.05, 0) is 62.7 Å². The largest absolute Gasteiger partial charge is 0.504 e. The Kier molecular flexibility index (Phi) is 7.25. The summed E-state index contributed by atoms with van der Waals surface area (Å²) in [5.74, 6) is -0.790. The zero-order valence-corrected chi connectivity index (χ0v) is 19.4. The molecular formula is C18H18Br2N2O6S. The average molecular weight is 550 g/mol. The monoisotopic (exact) mass is 548 g/mol. The molecule has 11 heteroatoms. The molecule has 1 aromatic carbocycles. The maximum atomic E-state index is 12.7. The van der Waals surface area contributed by atoms with Crippen molar-refractivity contribution in [1.82, 2.24) is 9.80 Å². The van der Waals surface area contributed by atoms with Crippen LogP contribution in [-0.4, -0.2) is 71.4 Å². The number of morpholine rings is 1. The van der Waals surface area contributed by atoms with Gasteiger partial charge >= 0.3 is 0 Å². The fourth-order valence-electron chi connectivity index (χ4n) is 2.82. The van der Waals surface area contributed by atoms with Crippen LogP contribution < -0.4 is 4.74 Å². The van der Waals surface area contributed by atoms with Crippen LogP contribution >= 0.6 is 43.6 Å². The van der Waals surface area contributed by atoms with E-state index in [-0.39, 0.29) is 28.9 Å². The van der Waals surface area contributed by atoms with Crippen molar-refractivity contribution in [2.75, 3.05) is 39.5 Å². The van der Waals surface area contributed by atoms with Gasteiger partial charge in [0, 0.05) is 27.6 Å². The highest BCUT2D eigenvalue weighted by molar-refractivity contribution is 9.13. The van der Waals surface area contributed by atoms with Crippen molar-refractivity contribution in [3.8, 4) is 11.5 Å². The molecule has 2 fully saturated rings. The standard InChI is InChI=1S/C18H18Br2N2O6S/c1-2-28-12-8-11(19)15(20)10(16(12)24)7-13-17(25)22(18(26)29-13)9-14(23)21-3-5-27-6-4-21/h7-8,24H,2-6,9H2,1H3/b13-7-. The number of aromatic hydroxyl groups is 1. The van der Waals surface area contributed by atoms with E-state index in [2.05, 4.69) is 31.9 Å². The SMILES string of the molecule is CCOc1cc(Br)c(Br)c(/C=C2\SC(=O)N(CC(=O)N3CCOCC3)C2=O)c1O. The number of thioether (sulfide) groups is 1. The van der Waals surface area contributed by atoms with E-state index in [9.17, 15) is 19.5 Å². The Balaban J connectivity index is 1.84. The second kappa shape index (κ2) is 9.50. The molecule has 0 bridgehead atoms. The average Bonchev–Trinajstić information content (AvgIpc) is 2.97. The number of imide groups is 1. The van der Waals surface area contributed by atoms with Gasteiger partial charge in [-0.15, -0.1) is 0 Å². The molecule has 0 radical (unpaired) electrons. The van der Waals surface area contributed by atoms with Crippen LogP contribution in [0.5, 0.6) is 11.5 Å². The van der Waals surface area contributed by atoms with Gasteiger partial charge in [0.05, 0.1) is 24.7 Å². The Bertz CT molecular complexity index is 886. The number of hydrogen-bond donors (Lipinski definition) is 1. The molecule has 0 aliphatic carbocycles. The Morgan fingerprint density at radius 3 is 2.69 bits per heavy atom. The first-order valence-electron chi connectivity index (χ1n) is 8.78. The predicted molar refractivity (Wildman–Crippen MR) is 115 cm³/mol. The molecule has 3 rings (SSSR count). The summed E-state index contributed by atoms with van der Waals surface area (Å²) in [6.45, 7) is 3.55. The van der Waals surface area contributed by atoms with Gasteiger partial charge in [-0.25, -0.2) is 0 Å². The second-order valence-corrected chi connectivity index (χ2v) is 8.77. The number of halogens is 2. The lowest BCUT2D eigenvalue weighted by Crippen LogP contribution is -2.46. The fraction of sp³-hybridized carbons (Fsp3) is 0.389. The minimum Gasteiger partial charge on any atom is -0.504 e. The number of phenolic OH excluding ortho intramolecular Hbond substituents is 1. The zero-order chi connectivity index (χ0) is 21.1. The van der Waals surface area contributed by atoms with Crippen molar-refractivity contribution < 1.29 is 29.0 Å². The highest BCUT2D eigenvalue weighted by atomic mass is 79.9. The minimum absolute atomic E-state index is 0.112. The summed E-state index contributed by atoms with van der Waals surface area (Å²) in [7, 11) is 0. The fourth-order valence-corrected chi connectivity index (χ4v) is 4.48. The van der Waals surface area contributed by atoms with E-state index in [0.717, 1.165) is 16.7 Å². The van der Waals surface area contributed by atoms with Crippen molar-refractivity contribution in [1.29, 1.82) is 0 Å². The molecule has 0 aromatic heterocycles. The number of carbonyl (C=O) groups excluding carboxylic acids is 3. The molecule has 3 amide bonds. The van der Waals surface area contributed by atoms with Crippen molar-refractivity contribution in [3.05, 3.63) is 25.5 Å². The first-order chi connectivity index (χ1) is 13.8. The molecule has 2 aliphatic heterocycles. The number of amides is 3. The first kappa shape index (κ1) is 22.1. The number of carbonyl (C=O) groups is 3. The Morgan fingerprint density at radius 1 is 1.34 bits per heavy atom. The molecule has 156 valence electrons. The summed E-state index contributed by atoms with van der Waals surface area (Å²) in [4.78, 5) is 40.1. The smallest absolute Gasteiger partial charge is 0.294 e. The molecule has 0 spiro atoms. The van der Waals surface area contributed by atoms with E-state index in [0.29, 0.717) is 47.4 Å². The summed E-state index contributed by atoms with van der Waals surface area (Å²) in [5.41, 5.74) is 0.299. The molecule has 2 heterocycles. The van der Waals surface area contributed by atoms with Gasteiger partial charge in [0.2, 0.25) is 5.91 Å². The Morgan fingerprint density at radius 2 is 2.03 bits per heavy atom. The van der Waals surface area contributed by atoms with Crippen molar-refractivity contribution in [2.45, 2.75) is 6.92 Å². The lowest BCUT2D eigenvalue weighted by molar-refractivity contribution is -0.139. The topological polar surface area (TPSA) is 96.4 Å². The quantitative estimate of drug-likeness (QED) is 0.563. The summed E-state index contributed by atoms with van der Waals surface area (Å²) < 4.78 is 11.7. The molecule has 2 saturated heterocycles. The van der Waals surface area contributed by atoms with Gasteiger partial charge in [-0.2, -0.15) is 0 Å². The number of nitrogens with zero attached hydrogens (tertiary/aromatic N) is 2. The van der Waals surface area contributed by atoms with Crippen molar-refractivity contribution in [2.24, 2.45) is 0 Å². The molecule has 1 aromatic rings. The molecule has 8 nitrogen and oxygen atoms in total. The molecule has 0 saturated carbocycles. The molecule has 1 N–H and O–H groups in total. The highest BCUT2D eigenvalue weighted by Crippen LogP contribution is 2.43. The van der Waals surface area contributed by atoms with Gasteiger partial charge in [0.25, 0.3) is 11.1 Å². The van der Waals surface area contributed by atoms with Crippen molar-refractivity contribution >= 4 is 66.8 Å². The summed E-state index contributed by atoms with van der Waals surface area (Å²) in [6.07, 6.45) is 1.41. The van der Waals surface area contributed by atoms with E-state index in [1.54, 1.807) is 17.9 Å².